The second kappa shape index (κ2) is 5.33. The highest BCUT2D eigenvalue weighted by Crippen LogP contribution is 2.53. The molecule has 0 aliphatic carbocycles. The molecule has 5 atom stereocenters. The van der Waals surface area contributed by atoms with Crippen molar-refractivity contribution in [2.45, 2.75) is 37.3 Å². The fraction of sp³-hybridized carbons (Fsp3) is 0.500. The van der Waals surface area contributed by atoms with E-state index in [9.17, 15) is 14.7 Å². The van der Waals surface area contributed by atoms with Crippen molar-refractivity contribution in [3.63, 3.8) is 0 Å². The summed E-state index contributed by atoms with van der Waals surface area (Å²) in [6.45, 7) is 3.64. The van der Waals surface area contributed by atoms with Gasteiger partial charge in [-0.15, -0.1) is 0 Å². The van der Waals surface area contributed by atoms with Gasteiger partial charge in [-0.1, -0.05) is 18.2 Å². The van der Waals surface area contributed by atoms with Gasteiger partial charge < -0.3 is 15.2 Å². The first-order chi connectivity index (χ1) is 12.5. The minimum atomic E-state index is -0.913. The normalized spacial score (nSPS) is 38.0. The predicted molar refractivity (Wildman–Crippen MR) is 94.6 cm³/mol. The van der Waals surface area contributed by atoms with Gasteiger partial charge in [0.05, 0.1) is 23.4 Å². The van der Waals surface area contributed by atoms with Gasteiger partial charge in [0.1, 0.15) is 0 Å². The number of fused-ring (bicyclic) bond motifs is 5. The van der Waals surface area contributed by atoms with E-state index in [0.717, 1.165) is 30.8 Å². The molecule has 1 aromatic carbocycles. The number of carboxylic acid groups (broad SMARTS) is 1. The number of ether oxygens (including phenoxy) is 1. The molecule has 2 fully saturated rings. The molecule has 2 N–H and O–H groups in total. The molecule has 0 saturated carbocycles. The minimum Gasteiger partial charge on any atom is -0.497 e. The van der Waals surface area contributed by atoms with Crippen molar-refractivity contribution in [1.29, 1.82) is 0 Å². The summed E-state index contributed by atoms with van der Waals surface area (Å²) in [6, 6.07) is 7.95. The van der Waals surface area contributed by atoms with E-state index >= 15 is 0 Å². The maximum atomic E-state index is 13.1. The van der Waals surface area contributed by atoms with Crippen LogP contribution in [0.4, 0.5) is 5.69 Å². The van der Waals surface area contributed by atoms with Crippen LogP contribution in [0.3, 0.4) is 0 Å². The number of piperidine rings is 1. The number of carbonyl (C=O) groups excluding carboxylic acids is 1. The van der Waals surface area contributed by atoms with E-state index in [1.807, 2.05) is 31.2 Å². The van der Waals surface area contributed by atoms with Gasteiger partial charge in [-0.3, -0.25) is 9.69 Å². The number of anilines is 1. The maximum Gasteiger partial charge on any atom is 0.334 e. The van der Waals surface area contributed by atoms with Crippen molar-refractivity contribution in [3.8, 4) is 0 Å². The van der Waals surface area contributed by atoms with Crippen molar-refractivity contribution in [3.05, 3.63) is 41.7 Å². The third kappa shape index (κ3) is 1.91. The van der Waals surface area contributed by atoms with Crippen LogP contribution in [0.15, 0.2) is 36.1 Å². The molecular formula is C20H22N2O4. The number of para-hydroxylation sites is 1. The summed E-state index contributed by atoms with van der Waals surface area (Å²) in [6.07, 6.45) is 2.87. The van der Waals surface area contributed by atoms with Gasteiger partial charge in [0.2, 0.25) is 5.91 Å². The number of rotatable bonds is 1. The third-order valence-electron chi connectivity index (χ3n) is 6.96. The topological polar surface area (TPSA) is 78.9 Å². The first-order valence-electron chi connectivity index (χ1n) is 9.26. The lowest BCUT2D eigenvalue weighted by Crippen LogP contribution is -2.56. The number of carboxylic acids is 1. The Bertz CT molecular complexity index is 835. The molecule has 1 amide bonds. The summed E-state index contributed by atoms with van der Waals surface area (Å²) in [5.74, 6) is -0.778. The number of amides is 1. The number of nitrogens with one attached hydrogen (secondary N) is 1. The lowest BCUT2D eigenvalue weighted by atomic mass is 9.66. The highest BCUT2D eigenvalue weighted by Gasteiger charge is 2.61. The number of nitrogens with zero attached hydrogens (tertiary/aromatic N) is 1. The van der Waals surface area contributed by atoms with Crippen LogP contribution in [0, 0.1) is 11.8 Å². The van der Waals surface area contributed by atoms with Crippen LogP contribution < -0.4 is 5.32 Å². The number of hydrogen-bond acceptors (Lipinski definition) is 4. The van der Waals surface area contributed by atoms with Crippen LogP contribution in [0.2, 0.25) is 0 Å². The summed E-state index contributed by atoms with van der Waals surface area (Å²) in [4.78, 5) is 27.2. The second-order valence-corrected chi connectivity index (χ2v) is 7.96. The van der Waals surface area contributed by atoms with Gasteiger partial charge in [-0.2, -0.15) is 0 Å². The first-order valence-corrected chi connectivity index (χ1v) is 9.26. The van der Waals surface area contributed by atoms with Crippen molar-refractivity contribution in [1.82, 2.24) is 4.90 Å². The molecule has 5 rings (SSSR count). The summed E-state index contributed by atoms with van der Waals surface area (Å²) < 4.78 is 5.62. The van der Waals surface area contributed by atoms with E-state index in [-0.39, 0.29) is 29.9 Å². The molecule has 4 aliphatic rings. The lowest BCUT2D eigenvalue weighted by molar-refractivity contribution is -0.135. The third-order valence-corrected chi connectivity index (χ3v) is 6.96. The average Bonchev–Trinajstić information content (AvgIpc) is 3.14. The Morgan fingerprint density at radius 1 is 1.38 bits per heavy atom. The van der Waals surface area contributed by atoms with Crippen LogP contribution in [-0.2, 0) is 19.7 Å². The van der Waals surface area contributed by atoms with Crippen molar-refractivity contribution >= 4 is 17.6 Å². The van der Waals surface area contributed by atoms with Crippen molar-refractivity contribution in [2.24, 2.45) is 11.8 Å². The van der Waals surface area contributed by atoms with Crippen LogP contribution in [0.1, 0.15) is 25.3 Å². The lowest BCUT2D eigenvalue weighted by Gasteiger charge is -2.47. The molecule has 26 heavy (non-hydrogen) atoms. The highest BCUT2D eigenvalue weighted by atomic mass is 16.5. The maximum absolute atomic E-state index is 13.1. The van der Waals surface area contributed by atoms with Crippen LogP contribution in [0.5, 0.6) is 0 Å². The van der Waals surface area contributed by atoms with Crippen LogP contribution in [-0.4, -0.2) is 47.1 Å². The largest absolute Gasteiger partial charge is 0.497 e. The van der Waals surface area contributed by atoms with Gasteiger partial charge in [0.15, 0.2) is 0 Å². The van der Waals surface area contributed by atoms with E-state index in [4.69, 9.17) is 4.74 Å². The van der Waals surface area contributed by atoms with Gasteiger partial charge in [0.25, 0.3) is 0 Å². The van der Waals surface area contributed by atoms with Crippen molar-refractivity contribution in [2.75, 3.05) is 18.4 Å². The SMILES string of the molecule is C[C@@H]1OC=C(C(=O)O)[C@H]2C[C@@H]3N(CC[C@]34C(=O)Nc3ccccc34)C[C@@H]12. The highest BCUT2D eigenvalue weighted by molar-refractivity contribution is 6.07. The zero-order valence-electron chi connectivity index (χ0n) is 14.6. The van der Waals surface area contributed by atoms with Crippen LogP contribution >= 0.6 is 0 Å². The van der Waals surface area contributed by atoms with Gasteiger partial charge in [-0.25, -0.2) is 4.79 Å². The summed E-state index contributed by atoms with van der Waals surface area (Å²) in [5.41, 5.74) is 1.75. The van der Waals surface area contributed by atoms with E-state index in [2.05, 4.69) is 10.2 Å². The smallest absolute Gasteiger partial charge is 0.334 e. The number of hydrogen-bond donors (Lipinski definition) is 2. The molecule has 0 unspecified atom stereocenters. The Morgan fingerprint density at radius 3 is 3.00 bits per heavy atom. The molecule has 1 spiro atoms. The molecule has 0 radical (unpaired) electrons. The molecule has 136 valence electrons. The quantitative estimate of drug-likeness (QED) is 0.806. The van der Waals surface area contributed by atoms with Crippen molar-refractivity contribution < 1.29 is 19.4 Å². The number of benzene rings is 1. The predicted octanol–water partition coefficient (Wildman–Crippen LogP) is 1.97. The Kier molecular flexibility index (Phi) is 3.26. The number of aliphatic carboxylic acids is 1. The van der Waals surface area contributed by atoms with E-state index in [1.54, 1.807) is 0 Å². The zero-order chi connectivity index (χ0) is 18.1. The summed E-state index contributed by atoms with van der Waals surface area (Å²) in [7, 11) is 0. The van der Waals surface area contributed by atoms with E-state index in [0.29, 0.717) is 12.0 Å². The fourth-order valence-electron chi connectivity index (χ4n) is 5.66. The molecule has 2 saturated heterocycles. The fourth-order valence-corrected chi connectivity index (χ4v) is 5.66. The van der Waals surface area contributed by atoms with Gasteiger partial charge in [-0.05, 0) is 37.9 Å². The number of carbonyl (C=O) groups is 2. The molecule has 6 heteroatoms. The monoisotopic (exact) mass is 354 g/mol. The summed E-state index contributed by atoms with van der Waals surface area (Å²) in [5, 5.41) is 12.7. The van der Waals surface area contributed by atoms with Gasteiger partial charge >= 0.3 is 5.97 Å². The molecular weight excluding hydrogens is 332 g/mol. The van der Waals surface area contributed by atoms with E-state index < -0.39 is 11.4 Å². The molecule has 4 heterocycles. The molecule has 6 nitrogen and oxygen atoms in total. The Hall–Kier alpha value is -2.34. The van der Waals surface area contributed by atoms with Gasteiger partial charge in [0, 0.05) is 30.1 Å². The Balaban J connectivity index is 1.57. The standard InChI is InChI=1S/C20H22N2O4/c1-11-13-9-22-7-6-20(15-4-2-3-5-16(15)21-19(20)25)17(22)8-12(13)14(10-26-11)18(23)24/h2-5,10-13,17H,6-9H2,1H3,(H,21,25)(H,23,24)/t11-,12-,13-,17-,20+/m0/s1. The van der Waals surface area contributed by atoms with E-state index in [1.165, 1.54) is 6.26 Å². The molecule has 0 aromatic heterocycles. The Labute approximate surface area is 151 Å². The molecule has 0 bridgehead atoms. The second-order valence-electron chi connectivity index (χ2n) is 7.96. The average molecular weight is 354 g/mol. The summed E-state index contributed by atoms with van der Waals surface area (Å²) >= 11 is 0. The Morgan fingerprint density at radius 2 is 2.19 bits per heavy atom. The van der Waals surface area contributed by atoms with Crippen LogP contribution in [0.25, 0.3) is 0 Å². The minimum absolute atomic E-state index is 0.00899. The zero-order valence-corrected chi connectivity index (χ0v) is 14.6. The molecule has 1 aromatic rings. The first kappa shape index (κ1) is 15.9. The molecule has 4 aliphatic heterocycles.